The number of aliphatic hydroxyl groups is 1. The van der Waals surface area contributed by atoms with Gasteiger partial charge in [0.25, 0.3) is 0 Å². The normalized spacial score (nSPS) is 12.2. The Labute approximate surface area is 187 Å². The van der Waals surface area contributed by atoms with Gasteiger partial charge in [-0.05, 0) is 57.5 Å². The topological polar surface area (TPSA) is 58.6 Å². The van der Waals surface area contributed by atoms with Gasteiger partial charge in [0, 0.05) is 13.0 Å². The van der Waals surface area contributed by atoms with E-state index >= 15 is 0 Å². The molecule has 2 N–H and O–H groups in total. The van der Waals surface area contributed by atoms with Crippen LogP contribution in [0.25, 0.3) is 0 Å². The molecule has 30 heavy (non-hydrogen) atoms. The van der Waals surface area contributed by atoms with Crippen LogP contribution in [0.15, 0.2) is 0 Å². The lowest BCUT2D eigenvalue weighted by molar-refractivity contribution is -0.145. The van der Waals surface area contributed by atoms with E-state index in [9.17, 15) is 4.79 Å². The van der Waals surface area contributed by atoms with Gasteiger partial charge in [0.05, 0.1) is 6.61 Å². The zero-order valence-corrected chi connectivity index (χ0v) is 20.4. The molecule has 0 fully saturated rings. The number of hydrogen-bond donors (Lipinski definition) is 2. The highest BCUT2D eigenvalue weighted by atomic mass is 16.5. The van der Waals surface area contributed by atoms with E-state index in [2.05, 4.69) is 19.2 Å². The lowest BCUT2D eigenvalue weighted by Gasteiger charge is -2.17. The van der Waals surface area contributed by atoms with Crippen molar-refractivity contribution in [2.75, 3.05) is 26.3 Å². The van der Waals surface area contributed by atoms with E-state index in [1.165, 1.54) is 77.0 Å². The Kier molecular flexibility index (Phi) is 24.2. The maximum absolute atomic E-state index is 12.1. The highest BCUT2D eigenvalue weighted by molar-refractivity contribution is 5.69. The van der Waals surface area contributed by atoms with Gasteiger partial charge in [0.15, 0.2) is 0 Å². The van der Waals surface area contributed by atoms with Crippen molar-refractivity contribution in [3.63, 3.8) is 0 Å². The smallest absolute Gasteiger partial charge is 0.305 e. The maximum Gasteiger partial charge on any atom is 0.305 e. The number of nitrogens with one attached hydrogen (secondary N) is 1. The average Bonchev–Trinajstić information content (AvgIpc) is 2.75. The molecule has 4 heteroatoms. The second kappa shape index (κ2) is 24.7. The summed E-state index contributed by atoms with van der Waals surface area (Å²) in [5.41, 5.74) is 0. The third kappa shape index (κ3) is 22.1. The van der Waals surface area contributed by atoms with Gasteiger partial charge >= 0.3 is 5.97 Å². The fourth-order valence-corrected chi connectivity index (χ4v) is 3.85. The predicted octanol–water partition coefficient (Wildman–Crippen LogP) is 6.79. The van der Waals surface area contributed by atoms with Gasteiger partial charge in [0.2, 0.25) is 0 Å². The molecule has 0 aliphatic heterocycles. The maximum atomic E-state index is 12.1. The van der Waals surface area contributed by atoms with Crippen LogP contribution in [0.3, 0.4) is 0 Å². The number of esters is 1. The Balaban J connectivity index is 3.82. The van der Waals surface area contributed by atoms with Crippen molar-refractivity contribution >= 4 is 5.97 Å². The van der Waals surface area contributed by atoms with Gasteiger partial charge in [-0.3, -0.25) is 4.79 Å². The summed E-state index contributed by atoms with van der Waals surface area (Å²) in [6, 6.07) is 0. The van der Waals surface area contributed by atoms with Gasteiger partial charge in [0.1, 0.15) is 0 Å². The van der Waals surface area contributed by atoms with Crippen LogP contribution in [0.4, 0.5) is 0 Å². The Morgan fingerprint density at radius 3 is 1.90 bits per heavy atom. The van der Waals surface area contributed by atoms with Crippen LogP contribution < -0.4 is 5.32 Å². The molecule has 4 nitrogen and oxygen atoms in total. The van der Waals surface area contributed by atoms with Crippen molar-refractivity contribution in [2.45, 2.75) is 129 Å². The second-order valence-corrected chi connectivity index (χ2v) is 8.95. The molecule has 0 bridgehead atoms. The zero-order valence-electron chi connectivity index (χ0n) is 20.4. The predicted molar refractivity (Wildman–Crippen MR) is 129 cm³/mol. The highest BCUT2D eigenvalue weighted by Crippen LogP contribution is 2.19. The van der Waals surface area contributed by atoms with Gasteiger partial charge in [-0.15, -0.1) is 0 Å². The lowest BCUT2D eigenvalue weighted by Crippen LogP contribution is -2.17. The number of carbonyl (C=O) groups excluding carboxylic acids is 1. The van der Waals surface area contributed by atoms with E-state index in [1.54, 1.807) is 0 Å². The summed E-state index contributed by atoms with van der Waals surface area (Å²) in [7, 11) is 0. The van der Waals surface area contributed by atoms with Crippen molar-refractivity contribution in [3.8, 4) is 0 Å². The lowest BCUT2D eigenvalue weighted by atomic mass is 9.95. The number of aliphatic hydroxyl groups excluding tert-OH is 1. The van der Waals surface area contributed by atoms with E-state index in [1.807, 2.05) is 0 Å². The second-order valence-electron chi connectivity index (χ2n) is 8.95. The van der Waals surface area contributed by atoms with Gasteiger partial charge in [-0.2, -0.15) is 0 Å². The largest absolute Gasteiger partial charge is 0.465 e. The first-order chi connectivity index (χ1) is 14.7. The number of rotatable bonds is 24. The summed E-state index contributed by atoms with van der Waals surface area (Å²) in [6.07, 6.45) is 21.2. The van der Waals surface area contributed by atoms with Crippen LogP contribution in [-0.4, -0.2) is 37.4 Å². The molecule has 0 rings (SSSR count). The Morgan fingerprint density at radius 2 is 1.27 bits per heavy atom. The molecule has 0 aliphatic carbocycles. The molecule has 0 aliphatic rings. The van der Waals surface area contributed by atoms with Crippen molar-refractivity contribution in [1.29, 1.82) is 0 Å². The average molecular weight is 428 g/mol. The minimum atomic E-state index is -0.00703. The van der Waals surface area contributed by atoms with Gasteiger partial charge < -0.3 is 15.2 Å². The molecule has 0 aromatic heterocycles. The quantitative estimate of drug-likeness (QED) is 0.131. The molecule has 0 saturated heterocycles. The minimum absolute atomic E-state index is 0.00703. The van der Waals surface area contributed by atoms with Crippen LogP contribution in [0.1, 0.15) is 129 Å². The molecule has 0 spiro atoms. The summed E-state index contributed by atoms with van der Waals surface area (Å²) < 4.78 is 5.65. The van der Waals surface area contributed by atoms with Crippen LogP contribution >= 0.6 is 0 Å². The Morgan fingerprint density at radius 1 is 0.733 bits per heavy atom. The molecule has 1 unspecified atom stereocenters. The SMILES string of the molecule is CCCCCCCCC(CCCCCC)COC(=O)CCCCCNCCCCO. The summed E-state index contributed by atoms with van der Waals surface area (Å²) in [4.78, 5) is 12.1. The monoisotopic (exact) mass is 427 g/mol. The van der Waals surface area contributed by atoms with Crippen LogP contribution in [-0.2, 0) is 9.53 Å². The summed E-state index contributed by atoms with van der Waals surface area (Å²) in [5.74, 6) is 0.549. The molecular weight excluding hydrogens is 374 g/mol. The molecule has 0 heterocycles. The third-order valence-electron chi connectivity index (χ3n) is 5.91. The molecule has 0 aromatic rings. The number of unbranched alkanes of at least 4 members (excludes halogenated alkanes) is 11. The number of carbonyl (C=O) groups is 1. The first kappa shape index (κ1) is 29.4. The van der Waals surface area contributed by atoms with Crippen LogP contribution in [0, 0.1) is 5.92 Å². The number of hydrogen-bond acceptors (Lipinski definition) is 4. The molecular formula is C26H53NO3. The van der Waals surface area contributed by atoms with E-state index in [0.29, 0.717) is 18.9 Å². The van der Waals surface area contributed by atoms with E-state index in [-0.39, 0.29) is 12.6 Å². The molecule has 0 amide bonds. The molecule has 0 radical (unpaired) electrons. The molecule has 1 atom stereocenters. The van der Waals surface area contributed by atoms with E-state index in [0.717, 1.165) is 45.2 Å². The van der Waals surface area contributed by atoms with Gasteiger partial charge in [-0.25, -0.2) is 0 Å². The zero-order chi connectivity index (χ0) is 22.1. The van der Waals surface area contributed by atoms with Crippen molar-refractivity contribution in [2.24, 2.45) is 5.92 Å². The van der Waals surface area contributed by atoms with Gasteiger partial charge in [-0.1, -0.05) is 84.5 Å². The van der Waals surface area contributed by atoms with Crippen molar-refractivity contribution < 1.29 is 14.6 Å². The van der Waals surface area contributed by atoms with E-state index < -0.39 is 0 Å². The number of ether oxygens (including phenoxy) is 1. The fraction of sp³-hybridized carbons (Fsp3) is 0.962. The van der Waals surface area contributed by atoms with Crippen LogP contribution in [0.5, 0.6) is 0 Å². The minimum Gasteiger partial charge on any atom is -0.465 e. The fourth-order valence-electron chi connectivity index (χ4n) is 3.85. The molecule has 0 aromatic carbocycles. The van der Waals surface area contributed by atoms with Crippen molar-refractivity contribution in [1.82, 2.24) is 5.32 Å². The molecule has 180 valence electrons. The highest BCUT2D eigenvalue weighted by Gasteiger charge is 2.12. The third-order valence-corrected chi connectivity index (χ3v) is 5.91. The van der Waals surface area contributed by atoms with Crippen LogP contribution in [0.2, 0.25) is 0 Å². The Hall–Kier alpha value is -0.610. The molecule has 0 saturated carbocycles. The summed E-state index contributed by atoms with van der Waals surface area (Å²) >= 11 is 0. The first-order valence-corrected chi connectivity index (χ1v) is 13.2. The Bertz CT molecular complexity index is 349. The first-order valence-electron chi connectivity index (χ1n) is 13.2. The standard InChI is InChI=1S/C26H53NO3/c1-3-5-7-9-10-13-19-25(18-12-8-6-4-2)24-30-26(29)20-14-11-15-21-27-22-16-17-23-28/h25,27-28H,3-24H2,1-2H3. The van der Waals surface area contributed by atoms with E-state index in [4.69, 9.17) is 9.84 Å². The van der Waals surface area contributed by atoms with Crippen molar-refractivity contribution in [3.05, 3.63) is 0 Å². The summed E-state index contributed by atoms with van der Waals surface area (Å²) in [6.45, 7) is 7.40. The summed E-state index contributed by atoms with van der Waals surface area (Å²) in [5, 5.41) is 12.1.